The number of pyridine rings is 1. The van der Waals surface area contributed by atoms with Crippen LogP contribution in [0.3, 0.4) is 0 Å². The van der Waals surface area contributed by atoms with Crippen molar-refractivity contribution < 1.29 is 23.6 Å². The highest BCUT2D eigenvalue weighted by Crippen LogP contribution is 2.38. The molecule has 15 nitrogen and oxygen atoms in total. The second-order valence-electron chi connectivity index (χ2n) is 16.7. The van der Waals surface area contributed by atoms with Crippen molar-refractivity contribution in [1.29, 1.82) is 0 Å². The number of carbonyl (C=O) groups is 4. The number of fused-ring (bicyclic) bond motifs is 2. The molecule has 9 rings (SSSR count). The lowest BCUT2D eigenvalue weighted by Gasteiger charge is -2.40. The Morgan fingerprint density at radius 1 is 0.841 bits per heavy atom. The first-order chi connectivity index (χ1) is 30.4. The summed E-state index contributed by atoms with van der Waals surface area (Å²) in [5.41, 5.74) is 12.0. The molecule has 0 bridgehead atoms. The topological polar surface area (TPSA) is 174 Å². The Hall–Kier alpha value is -6.52. The molecule has 3 saturated heterocycles. The number of halogens is 2. The number of nitrogens with one attached hydrogen (secondary N) is 3. The second-order valence-corrected chi connectivity index (χ2v) is 17.2. The Balaban J connectivity index is 0.804. The van der Waals surface area contributed by atoms with Crippen molar-refractivity contribution in [3.05, 3.63) is 106 Å². The van der Waals surface area contributed by atoms with Crippen molar-refractivity contribution >= 4 is 69.7 Å². The Morgan fingerprint density at radius 2 is 1.56 bits per heavy atom. The van der Waals surface area contributed by atoms with Crippen molar-refractivity contribution in [2.45, 2.75) is 46.1 Å². The summed E-state index contributed by atoms with van der Waals surface area (Å²) in [5.74, 6) is -0.946. The van der Waals surface area contributed by atoms with Gasteiger partial charge >= 0.3 is 6.03 Å². The number of imide groups is 1. The smallest absolute Gasteiger partial charge is 0.328 e. The highest BCUT2D eigenvalue weighted by Gasteiger charge is 2.30. The maximum absolute atomic E-state index is 16.1. The summed E-state index contributed by atoms with van der Waals surface area (Å²) in [6.07, 6.45) is 3.17. The van der Waals surface area contributed by atoms with Gasteiger partial charge in [0.15, 0.2) is 0 Å². The minimum Gasteiger partial charge on any atom is -0.372 e. The number of rotatable bonds is 9. The van der Waals surface area contributed by atoms with Gasteiger partial charge in [0.2, 0.25) is 5.91 Å². The SMILES string of the molecule is Cc1cc(Cl)cc(NC(=O)c2ccc(-c3nn4c(c3C(N)=O)Nc3ccc(N5CCN(CC6CCN(c7ccc(N8CCC(=O)NC8=O)cc7)CC6)CC5)cc3CC4)c(F)c2C)n1. The first-order valence-corrected chi connectivity index (χ1v) is 21.8. The van der Waals surface area contributed by atoms with Gasteiger partial charge in [-0.1, -0.05) is 11.6 Å². The number of anilines is 6. The van der Waals surface area contributed by atoms with Gasteiger partial charge in [0.25, 0.3) is 11.8 Å². The van der Waals surface area contributed by atoms with Gasteiger partial charge < -0.3 is 26.2 Å². The number of urea groups is 1. The van der Waals surface area contributed by atoms with Crippen LogP contribution in [-0.4, -0.2) is 95.8 Å². The van der Waals surface area contributed by atoms with Crippen molar-refractivity contribution in [2.75, 3.05) is 77.7 Å². The van der Waals surface area contributed by atoms with Gasteiger partial charge in [-0.05, 0) is 117 Å². The van der Waals surface area contributed by atoms with Gasteiger partial charge in [-0.15, -0.1) is 0 Å². The van der Waals surface area contributed by atoms with Crippen LogP contribution < -0.4 is 36.4 Å². The zero-order chi connectivity index (χ0) is 43.9. The molecule has 17 heteroatoms. The molecular formula is C46H49ClFN11O4. The predicted molar refractivity (Wildman–Crippen MR) is 242 cm³/mol. The predicted octanol–water partition coefficient (Wildman–Crippen LogP) is 6.49. The summed E-state index contributed by atoms with van der Waals surface area (Å²) in [6, 6.07) is 20.1. The number of amides is 5. The quantitative estimate of drug-likeness (QED) is 0.128. The van der Waals surface area contributed by atoms with E-state index in [0.29, 0.717) is 48.4 Å². The van der Waals surface area contributed by atoms with Crippen LogP contribution in [0.25, 0.3) is 11.3 Å². The standard InChI is InChI=1S/C46H49ClFN11O4/c1-27-23-31(47)25-38(50-27)52-45(62)35-8-9-36(41(48)28(35)2)42-40(43(49)61)44-51-37-10-7-34(24-30(37)13-18-59(44)54-42)57-21-19-55(20-22-57)26-29-11-15-56(16-12-29)32-3-5-33(6-4-32)58-17-14-39(60)53-46(58)63/h3-10,23-25,29,51H,11-22,26H2,1-2H3,(H2,49,61)(H,50,52,62)(H,53,60,63). The number of piperazine rings is 1. The monoisotopic (exact) mass is 873 g/mol. The summed E-state index contributed by atoms with van der Waals surface area (Å²) in [4.78, 5) is 63.3. The molecule has 5 aromatic rings. The number of hydrogen-bond donors (Lipinski definition) is 4. The van der Waals surface area contributed by atoms with E-state index in [0.717, 1.165) is 87.0 Å². The highest BCUT2D eigenvalue weighted by atomic mass is 35.5. The summed E-state index contributed by atoms with van der Waals surface area (Å²) < 4.78 is 17.8. The number of aryl methyl sites for hydroxylation is 3. The lowest BCUT2D eigenvalue weighted by Crippen LogP contribution is -2.49. The third-order valence-electron chi connectivity index (χ3n) is 12.6. The zero-order valence-electron chi connectivity index (χ0n) is 35.2. The Bertz CT molecular complexity index is 2600. The maximum atomic E-state index is 16.1. The van der Waals surface area contributed by atoms with E-state index in [2.05, 4.69) is 59.9 Å². The van der Waals surface area contributed by atoms with E-state index in [4.69, 9.17) is 22.4 Å². The lowest BCUT2D eigenvalue weighted by molar-refractivity contribution is -0.120. The fourth-order valence-corrected chi connectivity index (χ4v) is 9.46. The van der Waals surface area contributed by atoms with E-state index in [1.165, 1.54) is 25.1 Å². The van der Waals surface area contributed by atoms with Crippen LogP contribution in [0.1, 0.15) is 56.8 Å². The molecule has 3 fully saturated rings. The second kappa shape index (κ2) is 17.3. The summed E-state index contributed by atoms with van der Waals surface area (Å²) in [6.45, 7) is 10.9. The molecule has 3 aromatic carbocycles. The van der Waals surface area contributed by atoms with E-state index < -0.39 is 17.6 Å². The van der Waals surface area contributed by atoms with E-state index in [9.17, 15) is 19.2 Å². The Morgan fingerprint density at radius 3 is 2.27 bits per heavy atom. The minimum atomic E-state index is -0.750. The molecule has 0 atom stereocenters. The van der Waals surface area contributed by atoms with Crippen LogP contribution in [0.5, 0.6) is 0 Å². The number of primary amides is 1. The fraction of sp³-hybridized carbons (Fsp3) is 0.348. The van der Waals surface area contributed by atoms with Crippen LogP contribution in [0.15, 0.2) is 66.7 Å². The molecule has 326 valence electrons. The van der Waals surface area contributed by atoms with Crippen molar-refractivity contribution in [2.24, 2.45) is 11.7 Å². The maximum Gasteiger partial charge on any atom is 0.328 e. The van der Waals surface area contributed by atoms with E-state index in [-0.39, 0.29) is 45.7 Å². The fourth-order valence-electron chi connectivity index (χ4n) is 9.20. The van der Waals surface area contributed by atoms with Crippen LogP contribution in [0.2, 0.25) is 5.02 Å². The molecule has 0 radical (unpaired) electrons. The van der Waals surface area contributed by atoms with Crippen LogP contribution in [0, 0.1) is 25.6 Å². The van der Waals surface area contributed by atoms with Crippen LogP contribution in [-0.2, 0) is 17.8 Å². The molecule has 0 saturated carbocycles. The zero-order valence-corrected chi connectivity index (χ0v) is 36.0. The van der Waals surface area contributed by atoms with E-state index in [1.807, 2.05) is 18.2 Å². The van der Waals surface area contributed by atoms with Crippen LogP contribution >= 0.6 is 11.6 Å². The largest absolute Gasteiger partial charge is 0.372 e. The van der Waals surface area contributed by atoms with Gasteiger partial charge in [-0.2, -0.15) is 5.10 Å². The van der Waals surface area contributed by atoms with Gasteiger partial charge in [-0.25, -0.2) is 18.9 Å². The summed E-state index contributed by atoms with van der Waals surface area (Å²) >= 11 is 6.13. The average molecular weight is 874 g/mol. The molecule has 6 heterocycles. The lowest BCUT2D eigenvalue weighted by atomic mass is 9.95. The molecule has 5 amide bonds. The minimum absolute atomic E-state index is 0.0615. The van der Waals surface area contributed by atoms with Gasteiger partial charge in [0, 0.05) is 110 Å². The number of carbonyl (C=O) groups excluding carboxylic acids is 4. The normalized spacial score (nSPS) is 17.1. The molecule has 0 spiro atoms. The molecule has 63 heavy (non-hydrogen) atoms. The third-order valence-corrected chi connectivity index (χ3v) is 12.8. The number of nitrogens with two attached hydrogens (primary N) is 1. The van der Waals surface area contributed by atoms with E-state index in [1.54, 1.807) is 22.6 Å². The highest BCUT2D eigenvalue weighted by molar-refractivity contribution is 6.31. The van der Waals surface area contributed by atoms with Crippen molar-refractivity contribution in [3.8, 4) is 11.3 Å². The number of piperidine rings is 1. The summed E-state index contributed by atoms with van der Waals surface area (Å²) in [7, 11) is 0. The molecular weight excluding hydrogens is 825 g/mol. The molecule has 4 aliphatic heterocycles. The van der Waals surface area contributed by atoms with Crippen molar-refractivity contribution in [3.63, 3.8) is 0 Å². The third kappa shape index (κ3) is 8.65. The molecule has 2 aromatic heterocycles. The molecule has 0 unspecified atom stereocenters. The molecule has 4 aliphatic rings. The Labute approximate surface area is 369 Å². The van der Waals surface area contributed by atoms with Gasteiger partial charge in [-0.3, -0.25) is 29.5 Å². The summed E-state index contributed by atoms with van der Waals surface area (Å²) in [5, 5.41) is 13.6. The van der Waals surface area contributed by atoms with E-state index >= 15 is 4.39 Å². The number of benzene rings is 3. The van der Waals surface area contributed by atoms with Gasteiger partial charge in [0.05, 0.1) is 0 Å². The number of nitrogens with zero attached hydrogens (tertiary/aromatic N) is 7. The number of hydrogen-bond acceptors (Lipinski definition) is 10. The first kappa shape index (κ1) is 41.8. The Kier molecular flexibility index (Phi) is 11.5. The van der Waals surface area contributed by atoms with Gasteiger partial charge in [0.1, 0.15) is 28.7 Å². The van der Waals surface area contributed by atoms with Crippen molar-refractivity contribution in [1.82, 2.24) is 25.0 Å². The van der Waals surface area contributed by atoms with Crippen LogP contribution in [0.4, 0.5) is 43.6 Å². The first-order valence-electron chi connectivity index (χ1n) is 21.4. The molecule has 5 N–H and O–H groups in total. The number of aromatic nitrogens is 3. The average Bonchev–Trinajstić information content (AvgIpc) is 3.52. The molecule has 0 aliphatic carbocycles.